The molecule has 0 fully saturated rings. The molecular formula is C56H100NO8P. The van der Waals surface area contributed by atoms with E-state index in [-0.39, 0.29) is 32.1 Å². The lowest BCUT2D eigenvalue weighted by atomic mass is 10.0. The maximum absolute atomic E-state index is 12.2. The van der Waals surface area contributed by atoms with E-state index in [1.807, 2.05) is 0 Å². The standard InChI is InChI=1S/C56H100NO8P/c1-3-5-7-9-11-13-15-17-19-21-23-25-27-29-31-33-35-37-39-41-43-45-47-49-56(60)63-52-54(58)53-65-66(61,62)64-51-50-57-55(59)48-46-44-42-40-38-36-34-32-30-28-26-24-22-20-18-16-14-12-10-8-6-4-2/h5,7,11,13,17,19,23,25,29,31,35,37,54,58H,3-4,6,8-10,12,14-16,18,20-22,24,26-28,30,32-34,36,38-53H2,1-2H3,(H,57,59)(H,61,62)/b7-5-,13-11-,19-17-,25-23-,31-29-,37-35-. The number of aliphatic hydroxyl groups is 1. The van der Waals surface area contributed by atoms with Crippen molar-refractivity contribution in [1.29, 1.82) is 0 Å². The van der Waals surface area contributed by atoms with Crippen LogP contribution in [0, 0.1) is 0 Å². The second kappa shape index (κ2) is 51.8. The Morgan fingerprint density at radius 1 is 0.485 bits per heavy atom. The third kappa shape index (κ3) is 52.4. The third-order valence-electron chi connectivity index (χ3n) is 11.4. The largest absolute Gasteiger partial charge is 0.472 e. The van der Waals surface area contributed by atoms with Crippen LogP contribution in [0.2, 0.25) is 0 Å². The van der Waals surface area contributed by atoms with Crippen molar-refractivity contribution < 1.29 is 37.9 Å². The highest BCUT2D eigenvalue weighted by molar-refractivity contribution is 7.47. The molecule has 0 rings (SSSR count). The van der Waals surface area contributed by atoms with Gasteiger partial charge in [0.15, 0.2) is 0 Å². The number of phosphoric ester groups is 1. The van der Waals surface area contributed by atoms with Crippen molar-refractivity contribution in [2.45, 2.75) is 245 Å². The summed E-state index contributed by atoms with van der Waals surface area (Å²) in [6, 6.07) is 0. The average molecular weight is 946 g/mol. The highest BCUT2D eigenvalue weighted by atomic mass is 31.2. The normalized spacial score (nSPS) is 13.7. The van der Waals surface area contributed by atoms with Gasteiger partial charge in [-0.3, -0.25) is 18.6 Å². The molecule has 0 saturated carbocycles. The summed E-state index contributed by atoms with van der Waals surface area (Å²) >= 11 is 0. The maximum Gasteiger partial charge on any atom is 0.472 e. The third-order valence-corrected chi connectivity index (χ3v) is 12.4. The number of ether oxygens (including phenoxy) is 1. The molecule has 2 unspecified atom stereocenters. The molecular weight excluding hydrogens is 846 g/mol. The van der Waals surface area contributed by atoms with E-state index in [0.717, 1.165) is 83.5 Å². The Morgan fingerprint density at radius 2 is 0.864 bits per heavy atom. The van der Waals surface area contributed by atoms with E-state index >= 15 is 0 Å². The van der Waals surface area contributed by atoms with Gasteiger partial charge in [-0.15, -0.1) is 0 Å². The Balaban J connectivity index is 3.59. The van der Waals surface area contributed by atoms with Gasteiger partial charge in [0, 0.05) is 19.4 Å². The van der Waals surface area contributed by atoms with Gasteiger partial charge < -0.3 is 20.1 Å². The van der Waals surface area contributed by atoms with E-state index in [1.165, 1.54) is 122 Å². The first-order valence-corrected chi connectivity index (χ1v) is 28.4. The van der Waals surface area contributed by atoms with Crippen LogP contribution < -0.4 is 5.32 Å². The Morgan fingerprint density at radius 3 is 1.30 bits per heavy atom. The number of phosphoric acid groups is 1. The van der Waals surface area contributed by atoms with Crippen molar-refractivity contribution in [3.63, 3.8) is 0 Å². The van der Waals surface area contributed by atoms with E-state index in [2.05, 4.69) is 92.1 Å². The summed E-state index contributed by atoms with van der Waals surface area (Å²) in [6.07, 6.45) is 65.6. The smallest absolute Gasteiger partial charge is 0.463 e. The fourth-order valence-corrected chi connectivity index (χ4v) is 8.14. The summed E-state index contributed by atoms with van der Waals surface area (Å²) < 4.78 is 27.0. The van der Waals surface area contributed by atoms with Gasteiger partial charge >= 0.3 is 13.8 Å². The molecule has 0 radical (unpaired) electrons. The lowest BCUT2D eigenvalue weighted by Crippen LogP contribution is -2.27. The van der Waals surface area contributed by atoms with Gasteiger partial charge in [-0.2, -0.15) is 0 Å². The van der Waals surface area contributed by atoms with Crippen molar-refractivity contribution in [2.24, 2.45) is 0 Å². The molecule has 0 aliphatic carbocycles. The predicted molar refractivity (Wildman–Crippen MR) is 279 cm³/mol. The minimum atomic E-state index is -4.43. The molecule has 0 aromatic rings. The SMILES string of the molecule is CC/C=C\C/C=C\C/C=C\C/C=C\C/C=C\C/C=C\CCCCCCC(=O)OCC(O)COP(=O)(O)OCCNC(=O)CCCCCCCCCCCCCCCCCCCCCCCC. The molecule has 3 N–H and O–H groups in total. The van der Waals surface area contributed by atoms with Crippen LogP contribution in [0.3, 0.4) is 0 Å². The van der Waals surface area contributed by atoms with E-state index in [0.29, 0.717) is 12.8 Å². The van der Waals surface area contributed by atoms with Gasteiger partial charge in [0.1, 0.15) is 12.7 Å². The molecule has 0 aliphatic rings. The van der Waals surface area contributed by atoms with Crippen LogP contribution in [0.1, 0.15) is 239 Å². The first-order valence-electron chi connectivity index (χ1n) is 26.9. The monoisotopic (exact) mass is 946 g/mol. The van der Waals surface area contributed by atoms with Crippen LogP contribution in [0.4, 0.5) is 0 Å². The highest BCUT2D eigenvalue weighted by Crippen LogP contribution is 2.42. The second-order valence-corrected chi connectivity index (χ2v) is 19.3. The molecule has 0 saturated heterocycles. The second-order valence-electron chi connectivity index (χ2n) is 17.8. The van der Waals surface area contributed by atoms with Crippen LogP contribution in [0.25, 0.3) is 0 Å². The summed E-state index contributed by atoms with van der Waals surface area (Å²) in [6.45, 7) is 3.44. The molecule has 66 heavy (non-hydrogen) atoms. The number of nitrogens with one attached hydrogen (secondary N) is 1. The molecule has 0 aliphatic heterocycles. The molecule has 0 aromatic carbocycles. The predicted octanol–water partition coefficient (Wildman–Crippen LogP) is 16.2. The topological polar surface area (TPSA) is 131 Å². The number of allylic oxidation sites excluding steroid dienone is 12. The van der Waals surface area contributed by atoms with Crippen molar-refractivity contribution >= 4 is 19.7 Å². The fraction of sp³-hybridized carbons (Fsp3) is 0.750. The number of unbranched alkanes of at least 4 members (excludes halogenated alkanes) is 25. The van der Waals surface area contributed by atoms with Crippen LogP contribution in [0.15, 0.2) is 72.9 Å². The quantitative estimate of drug-likeness (QED) is 0.0238. The van der Waals surface area contributed by atoms with Crippen molar-refractivity contribution in [3.05, 3.63) is 72.9 Å². The Bertz CT molecular complexity index is 1310. The average Bonchev–Trinajstić information content (AvgIpc) is 3.31. The number of carbonyl (C=O) groups is 2. The molecule has 0 aromatic heterocycles. The molecule has 10 heteroatoms. The summed E-state index contributed by atoms with van der Waals surface area (Å²) in [7, 11) is -4.43. The summed E-state index contributed by atoms with van der Waals surface area (Å²) in [5, 5.41) is 12.8. The van der Waals surface area contributed by atoms with Crippen molar-refractivity contribution in [2.75, 3.05) is 26.4 Å². The van der Waals surface area contributed by atoms with Gasteiger partial charge in [-0.05, 0) is 64.2 Å². The van der Waals surface area contributed by atoms with Gasteiger partial charge in [0.05, 0.1) is 13.2 Å². The van der Waals surface area contributed by atoms with Crippen LogP contribution in [-0.2, 0) is 27.9 Å². The van der Waals surface area contributed by atoms with E-state index in [4.69, 9.17) is 13.8 Å². The number of carbonyl (C=O) groups excluding carboxylic acids is 2. The van der Waals surface area contributed by atoms with Gasteiger partial charge in [-0.1, -0.05) is 234 Å². The zero-order valence-electron chi connectivity index (χ0n) is 42.4. The lowest BCUT2D eigenvalue weighted by Gasteiger charge is -2.15. The molecule has 9 nitrogen and oxygen atoms in total. The number of amides is 1. The summed E-state index contributed by atoms with van der Waals surface area (Å²) in [5.74, 6) is -0.537. The minimum absolute atomic E-state index is 0.0781. The first-order chi connectivity index (χ1) is 32.3. The van der Waals surface area contributed by atoms with Crippen LogP contribution in [-0.4, -0.2) is 54.3 Å². The number of esters is 1. The summed E-state index contributed by atoms with van der Waals surface area (Å²) in [5.41, 5.74) is 0. The molecule has 1 amide bonds. The van der Waals surface area contributed by atoms with Gasteiger partial charge in [0.2, 0.25) is 5.91 Å². The number of hydrogen-bond acceptors (Lipinski definition) is 7. The Labute approximate surface area is 405 Å². The fourth-order valence-electron chi connectivity index (χ4n) is 7.39. The summed E-state index contributed by atoms with van der Waals surface area (Å²) in [4.78, 5) is 34.1. The van der Waals surface area contributed by atoms with Gasteiger partial charge in [0.25, 0.3) is 0 Å². The Hall–Kier alpha value is -2.55. The molecule has 382 valence electrons. The van der Waals surface area contributed by atoms with Gasteiger partial charge in [-0.25, -0.2) is 4.57 Å². The Kier molecular flexibility index (Phi) is 49.8. The minimum Gasteiger partial charge on any atom is -0.463 e. The number of aliphatic hydroxyl groups excluding tert-OH is 1. The lowest BCUT2D eigenvalue weighted by molar-refractivity contribution is -0.147. The van der Waals surface area contributed by atoms with Crippen molar-refractivity contribution in [1.82, 2.24) is 5.32 Å². The first kappa shape index (κ1) is 63.5. The van der Waals surface area contributed by atoms with Crippen molar-refractivity contribution in [3.8, 4) is 0 Å². The molecule has 0 spiro atoms. The number of hydrogen-bond donors (Lipinski definition) is 3. The van der Waals surface area contributed by atoms with E-state index in [1.54, 1.807) is 0 Å². The maximum atomic E-state index is 12.2. The van der Waals surface area contributed by atoms with Crippen LogP contribution in [0.5, 0.6) is 0 Å². The van der Waals surface area contributed by atoms with Crippen LogP contribution >= 0.6 is 7.82 Å². The molecule has 0 bridgehead atoms. The van der Waals surface area contributed by atoms with E-state index < -0.39 is 26.5 Å². The van der Waals surface area contributed by atoms with E-state index in [9.17, 15) is 24.2 Å². The zero-order chi connectivity index (χ0) is 48.1. The number of rotatable bonds is 50. The highest BCUT2D eigenvalue weighted by Gasteiger charge is 2.23. The molecule has 2 atom stereocenters. The molecule has 0 heterocycles. The zero-order valence-corrected chi connectivity index (χ0v) is 43.3.